The number of carboxylic acids is 1. The number of rotatable bonds is 4. The van der Waals surface area contributed by atoms with Crippen LogP contribution in [0, 0.1) is 5.92 Å². The van der Waals surface area contributed by atoms with Gasteiger partial charge in [-0.1, -0.05) is 24.8 Å². The molecule has 1 aliphatic rings. The van der Waals surface area contributed by atoms with Crippen LogP contribution in [0.4, 0.5) is 4.79 Å². The molecular weight excluding hydrogens is 262 g/mol. The average Bonchev–Trinajstić information content (AvgIpc) is 2.77. The highest BCUT2D eigenvalue weighted by molar-refractivity contribution is 5.76. The Morgan fingerprint density at radius 1 is 1.50 bits per heavy atom. The first kappa shape index (κ1) is 13.9. The number of carbonyl (C=O) groups excluding carboxylic acids is 1. The number of alkyl carbamates (subject to hydrolysis) is 1. The lowest BCUT2D eigenvalue weighted by Crippen LogP contribution is -2.34. The number of aromatic hydroxyl groups is 1. The van der Waals surface area contributed by atoms with Crippen molar-refractivity contribution >= 4 is 12.1 Å². The van der Waals surface area contributed by atoms with Gasteiger partial charge in [-0.15, -0.1) is 0 Å². The number of phenols is 1. The zero-order chi connectivity index (χ0) is 14.7. The molecule has 1 aliphatic carbocycles. The summed E-state index contributed by atoms with van der Waals surface area (Å²) in [6, 6.07) is 4.08. The molecule has 2 unspecified atom stereocenters. The molecule has 20 heavy (non-hydrogen) atoms. The summed E-state index contributed by atoms with van der Waals surface area (Å²) in [7, 11) is 0. The number of hydrogen-bond donors (Lipinski definition) is 3. The second-order valence-corrected chi connectivity index (χ2v) is 4.50. The highest BCUT2D eigenvalue weighted by Crippen LogP contribution is 2.40. The molecule has 6 heteroatoms. The van der Waals surface area contributed by atoms with E-state index in [1.54, 1.807) is 12.1 Å². The molecule has 6 nitrogen and oxygen atoms in total. The van der Waals surface area contributed by atoms with Crippen LogP contribution in [-0.2, 0) is 16.0 Å². The van der Waals surface area contributed by atoms with Crippen LogP contribution in [0.25, 0.3) is 0 Å². The molecule has 2 rings (SSSR count). The number of nitrogens with one attached hydrogen (secondary N) is 1. The molecule has 0 spiro atoms. The first-order valence-electron chi connectivity index (χ1n) is 6.12. The molecule has 1 aromatic rings. The lowest BCUT2D eigenvalue weighted by atomic mass is 10.0. The summed E-state index contributed by atoms with van der Waals surface area (Å²) in [5.41, 5.74) is 1.15. The van der Waals surface area contributed by atoms with Gasteiger partial charge in [0.1, 0.15) is 12.4 Å². The number of fused-ring (bicyclic) bond motifs is 1. The third kappa shape index (κ3) is 2.59. The number of aliphatic carboxylic acids is 1. The van der Waals surface area contributed by atoms with Gasteiger partial charge in [0.25, 0.3) is 0 Å². The summed E-state index contributed by atoms with van der Waals surface area (Å²) in [4.78, 5) is 22.9. The average molecular weight is 277 g/mol. The van der Waals surface area contributed by atoms with Crippen molar-refractivity contribution in [2.24, 2.45) is 5.92 Å². The minimum Gasteiger partial charge on any atom is -0.508 e. The molecule has 2 atom stereocenters. The van der Waals surface area contributed by atoms with Crippen molar-refractivity contribution in [1.29, 1.82) is 0 Å². The third-order valence-corrected chi connectivity index (χ3v) is 3.27. The summed E-state index contributed by atoms with van der Waals surface area (Å²) >= 11 is 0. The Labute approximate surface area is 115 Å². The number of benzene rings is 1. The van der Waals surface area contributed by atoms with Crippen molar-refractivity contribution in [3.05, 3.63) is 42.0 Å². The molecule has 3 N–H and O–H groups in total. The Morgan fingerprint density at radius 2 is 2.25 bits per heavy atom. The van der Waals surface area contributed by atoms with E-state index in [2.05, 4.69) is 11.9 Å². The quantitative estimate of drug-likeness (QED) is 0.726. The van der Waals surface area contributed by atoms with Crippen molar-refractivity contribution in [2.75, 3.05) is 6.61 Å². The van der Waals surface area contributed by atoms with E-state index < -0.39 is 24.0 Å². The van der Waals surface area contributed by atoms with Crippen LogP contribution >= 0.6 is 0 Å². The molecule has 0 aromatic heterocycles. The van der Waals surface area contributed by atoms with Gasteiger partial charge in [0.05, 0.1) is 12.0 Å². The Bertz CT molecular complexity index is 554. The van der Waals surface area contributed by atoms with Crippen LogP contribution in [0.2, 0.25) is 0 Å². The van der Waals surface area contributed by atoms with Gasteiger partial charge in [0, 0.05) is 5.56 Å². The van der Waals surface area contributed by atoms with Gasteiger partial charge in [-0.05, 0) is 18.1 Å². The zero-order valence-corrected chi connectivity index (χ0v) is 10.7. The topological polar surface area (TPSA) is 95.9 Å². The smallest absolute Gasteiger partial charge is 0.407 e. The maximum absolute atomic E-state index is 11.6. The second-order valence-electron chi connectivity index (χ2n) is 4.50. The predicted octanol–water partition coefficient (Wildman–Crippen LogP) is 1.60. The Kier molecular flexibility index (Phi) is 3.93. The Hall–Kier alpha value is -2.50. The first-order chi connectivity index (χ1) is 9.54. The Morgan fingerprint density at radius 3 is 2.90 bits per heavy atom. The molecule has 0 radical (unpaired) electrons. The van der Waals surface area contributed by atoms with Gasteiger partial charge in [-0.2, -0.15) is 0 Å². The fourth-order valence-corrected chi connectivity index (χ4v) is 2.37. The van der Waals surface area contributed by atoms with Crippen molar-refractivity contribution in [3.8, 4) is 5.75 Å². The molecule has 1 aromatic carbocycles. The highest BCUT2D eigenvalue weighted by Gasteiger charge is 2.39. The van der Waals surface area contributed by atoms with Gasteiger partial charge in [-0.3, -0.25) is 4.79 Å². The third-order valence-electron chi connectivity index (χ3n) is 3.27. The molecule has 0 saturated heterocycles. The predicted molar refractivity (Wildman–Crippen MR) is 70.4 cm³/mol. The number of hydrogen-bond acceptors (Lipinski definition) is 4. The number of amides is 1. The largest absolute Gasteiger partial charge is 0.508 e. The summed E-state index contributed by atoms with van der Waals surface area (Å²) < 4.78 is 4.80. The van der Waals surface area contributed by atoms with Crippen molar-refractivity contribution in [2.45, 2.75) is 12.5 Å². The number of phenolic OH excluding ortho intramolecular Hbond substituents is 1. The molecule has 0 fully saturated rings. The maximum Gasteiger partial charge on any atom is 0.407 e. The SMILES string of the molecule is C=CCOC(=O)NC1c2cccc(O)c2CC1C(=O)O. The van der Waals surface area contributed by atoms with Crippen molar-refractivity contribution < 1.29 is 24.5 Å². The van der Waals surface area contributed by atoms with Crippen LogP contribution in [0.3, 0.4) is 0 Å². The van der Waals surface area contributed by atoms with E-state index in [4.69, 9.17) is 4.74 Å². The molecular formula is C14H15NO5. The van der Waals surface area contributed by atoms with E-state index in [1.807, 2.05) is 0 Å². The zero-order valence-electron chi connectivity index (χ0n) is 10.7. The fourth-order valence-electron chi connectivity index (χ4n) is 2.37. The van der Waals surface area contributed by atoms with Gasteiger partial charge in [0.15, 0.2) is 0 Å². The van der Waals surface area contributed by atoms with E-state index in [0.717, 1.165) is 0 Å². The van der Waals surface area contributed by atoms with Gasteiger partial charge < -0.3 is 20.3 Å². The van der Waals surface area contributed by atoms with Crippen LogP contribution in [0.5, 0.6) is 5.75 Å². The van der Waals surface area contributed by atoms with Crippen LogP contribution in [-0.4, -0.2) is 28.9 Å². The van der Waals surface area contributed by atoms with E-state index in [9.17, 15) is 19.8 Å². The molecule has 0 heterocycles. The van der Waals surface area contributed by atoms with E-state index in [0.29, 0.717) is 11.1 Å². The van der Waals surface area contributed by atoms with Gasteiger partial charge in [0.2, 0.25) is 0 Å². The van der Waals surface area contributed by atoms with Crippen molar-refractivity contribution in [1.82, 2.24) is 5.32 Å². The van der Waals surface area contributed by atoms with E-state index >= 15 is 0 Å². The Balaban J connectivity index is 2.24. The van der Waals surface area contributed by atoms with E-state index in [-0.39, 0.29) is 18.8 Å². The number of carbonyl (C=O) groups is 2. The first-order valence-corrected chi connectivity index (χ1v) is 6.12. The maximum atomic E-state index is 11.6. The number of carboxylic acid groups (broad SMARTS) is 1. The summed E-state index contributed by atoms with van der Waals surface area (Å²) in [5, 5.41) is 21.5. The van der Waals surface area contributed by atoms with Gasteiger partial charge >= 0.3 is 12.1 Å². The van der Waals surface area contributed by atoms with E-state index in [1.165, 1.54) is 12.1 Å². The monoisotopic (exact) mass is 277 g/mol. The van der Waals surface area contributed by atoms with Gasteiger partial charge in [-0.25, -0.2) is 4.79 Å². The molecule has 106 valence electrons. The second kappa shape index (κ2) is 5.64. The highest BCUT2D eigenvalue weighted by atomic mass is 16.5. The molecule has 0 saturated carbocycles. The normalized spacial score (nSPS) is 20.0. The summed E-state index contributed by atoms with van der Waals surface area (Å²) in [6.45, 7) is 3.47. The molecule has 0 aliphatic heterocycles. The van der Waals surface area contributed by atoms with Crippen molar-refractivity contribution in [3.63, 3.8) is 0 Å². The lowest BCUT2D eigenvalue weighted by Gasteiger charge is -2.18. The minimum atomic E-state index is -1.03. The molecule has 1 amide bonds. The minimum absolute atomic E-state index is 0.0394. The summed E-state index contributed by atoms with van der Waals surface area (Å²) in [6.07, 6.45) is 0.879. The summed E-state index contributed by atoms with van der Waals surface area (Å²) in [5.74, 6) is -1.82. The number of ether oxygens (including phenoxy) is 1. The fraction of sp³-hybridized carbons (Fsp3) is 0.286. The lowest BCUT2D eigenvalue weighted by molar-refractivity contribution is -0.142. The van der Waals surface area contributed by atoms with Crippen LogP contribution in [0.1, 0.15) is 17.2 Å². The van der Waals surface area contributed by atoms with Crippen LogP contribution < -0.4 is 5.32 Å². The molecule has 0 bridgehead atoms. The standard InChI is InChI=1S/C14H15NO5/c1-2-6-20-14(19)15-12-8-4-3-5-11(16)9(8)7-10(12)13(17)18/h2-5,10,12,16H,1,6-7H2,(H,15,19)(H,17,18). The van der Waals surface area contributed by atoms with Crippen LogP contribution in [0.15, 0.2) is 30.9 Å².